The number of nitrogens with one attached hydrogen (secondary N) is 1. The molecule has 1 aliphatic heterocycles. The van der Waals surface area contributed by atoms with Gasteiger partial charge in [0.2, 0.25) is 6.79 Å². The fraction of sp³-hybridized carbons (Fsp3) is 0.0667. The van der Waals surface area contributed by atoms with Gasteiger partial charge in [-0.05, 0) is 56.1 Å². The molecule has 0 unspecified atom stereocenters. The lowest BCUT2D eigenvalue weighted by molar-refractivity contribution is 0.0954. The molecule has 0 atom stereocenters. The SMILES string of the molecule is O=C(N/N=C\c1cc2c(cc1Br)OCO2)c1ccccc1Br. The molecule has 0 saturated carbocycles. The first-order chi connectivity index (χ1) is 10.6. The topological polar surface area (TPSA) is 59.9 Å². The van der Waals surface area contributed by atoms with Crippen molar-refractivity contribution < 1.29 is 14.3 Å². The molecule has 1 N–H and O–H groups in total. The van der Waals surface area contributed by atoms with Crippen LogP contribution in [0.1, 0.15) is 15.9 Å². The Hall–Kier alpha value is -1.86. The van der Waals surface area contributed by atoms with E-state index in [1.807, 2.05) is 6.07 Å². The third-order valence-electron chi connectivity index (χ3n) is 2.98. The Morgan fingerprint density at radius 3 is 2.64 bits per heavy atom. The molecule has 1 amide bonds. The van der Waals surface area contributed by atoms with Gasteiger partial charge in [-0.25, -0.2) is 5.43 Å². The third-order valence-corrected chi connectivity index (χ3v) is 4.36. The first-order valence-electron chi connectivity index (χ1n) is 6.32. The van der Waals surface area contributed by atoms with E-state index in [0.29, 0.717) is 21.5 Å². The molecule has 1 heterocycles. The number of rotatable bonds is 3. The highest BCUT2D eigenvalue weighted by Crippen LogP contribution is 2.36. The molecule has 0 aromatic heterocycles. The zero-order valence-corrected chi connectivity index (χ0v) is 14.3. The van der Waals surface area contributed by atoms with E-state index in [1.54, 1.807) is 36.5 Å². The molecule has 2 aromatic carbocycles. The number of hydrazone groups is 1. The summed E-state index contributed by atoms with van der Waals surface area (Å²) in [4.78, 5) is 12.0. The van der Waals surface area contributed by atoms with Crippen LogP contribution in [0.25, 0.3) is 0 Å². The van der Waals surface area contributed by atoms with Crippen LogP contribution in [0, 0.1) is 0 Å². The molecule has 7 heteroatoms. The van der Waals surface area contributed by atoms with Crippen LogP contribution in [0.3, 0.4) is 0 Å². The van der Waals surface area contributed by atoms with Gasteiger partial charge in [0.25, 0.3) is 5.91 Å². The Bertz CT molecular complexity index is 762. The molecular weight excluding hydrogens is 416 g/mol. The molecule has 112 valence electrons. The van der Waals surface area contributed by atoms with E-state index < -0.39 is 0 Å². The average Bonchev–Trinajstić information content (AvgIpc) is 2.94. The lowest BCUT2D eigenvalue weighted by Gasteiger charge is -2.03. The van der Waals surface area contributed by atoms with Gasteiger partial charge < -0.3 is 9.47 Å². The highest BCUT2D eigenvalue weighted by molar-refractivity contribution is 9.10. The Labute approximate surface area is 143 Å². The first-order valence-corrected chi connectivity index (χ1v) is 7.91. The first kappa shape index (κ1) is 15.1. The van der Waals surface area contributed by atoms with Crippen molar-refractivity contribution in [3.05, 3.63) is 56.5 Å². The summed E-state index contributed by atoms with van der Waals surface area (Å²) in [5.41, 5.74) is 3.78. The van der Waals surface area contributed by atoms with Gasteiger partial charge in [-0.3, -0.25) is 4.79 Å². The van der Waals surface area contributed by atoms with Crippen LogP contribution in [-0.4, -0.2) is 18.9 Å². The Balaban J connectivity index is 1.73. The van der Waals surface area contributed by atoms with Crippen LogP contribution in [0.5, 0.6) is 11.5 Å². The van der Waals surface area contributed by atoms with Gasteiger partial charge in [0.15, 0.2) is 11.5 Å². The van der Waals surface area contributed by atoms with E-state index in [2.05, 4.69) is 42.4 Å². The maximum absolute atomic E-state index is 12.0. The van der Waals surface area contributed by atoms with Crippen molar-refractivity contribution in [2.45, 2.75) is 0 Å². The van der Waals surface area contributed by atoms with Gasteiger partial charge in [-0.1, -0.05) is 12.1 Å². The van der Waals surface area contributed by atoms with Crippen LogP contribution >= 0.6 is 31.9 Å². The summed E-state index contributed by atoms with van der Waals surface area (Å²) in [7, 11) is 0. The van der Waals surface area contributed by atoms with Crippen molar-refractivity contribution in [1.29, 1.82) is 0 Å². The lowest BCUT2D eigenvalue weighted by atomic mass is 10.2. The second kappa shape index (κ2) is 6.50. The van der Waals surface area contributed by atoms with E-state index in [4.69, 9.17) is 9.47 Å². The summed E-state index contributed by atoms with van der Waals surface area (Å²) < 4.78 is 12.1. The van der Waals surface area contributed by atoms with Crippen molar-refractivity contribution in [3.8, 4) is 11.5 Å². The minimum absolute atomic E-state index is 0.209. The quantitative estimate of drug-likeness (QED) is 0.602. The molecule has 0 radical (unpaired) electrons. The predicted molar refractivity (Wildman–Crippen MR) is 89.5 cm³/mol. The summed E-state index contributed by atoms with van der Waals surface area (Å²) in [6, 6.07) is 10.7. The number of nitrogens with zero attached hydrogens (tertiary/aromatic N) is 1. The zero-order chi connectivity index (χ0) is 15.5. The van der Waals surface area contributed by atoms with Gasteiger partial charge in [-0.15, -0.1) is 0 Å². The van der Waals surface area contributed by atoms with Crippen LogP contribution in [-0.2, 0) is 0 Å². The molecule has 0 bridgehead atoms. The maximum atomic E-state index is 12.0. The molecular formula is C15H10Br2N2O3. The van der Waals surface area contributed by atoms with Crippen molar-refractivity contribution in [2.75, 3.05) is 6.79 Å². The van der Waals surface area contributed by atoms with Gasteiger partial charge in [0, 0.05) is 14.5 Å². The number of carbonyl (C=O) groups is 1. The number of fused-ring (bicyclic) bond motifs is 1. The molecule has 0 saturated heterocycles. The van der Waals surface area contributed by atoms with Crippen LogP contribution in [0.4, 0.5) is 0 Å². The van der Waals surface area contributed by atoms with E-state index in [-0.39, 0.29) is 12.7 Å². The molecule has 1 aliphatic rings. The molecule has 0 spiro atoms. The number of halogens is 2. The average molecular weight is 426 g/mol. The predicted octanol–water partition coefficient (Wildman–Crippen LogP) is 3.70. The van der Waals surface area contributed by atoms with Crippen molar-refractivity contribution in [3.63, 3.8) is 0 Å². The molecule has 0 fully saturated rings. The molecule has 22 heavy (non-hydrogen) atoms. The van der Waals surface area contributed by atoms with E-state index in [9.17, 15) is 4.79 Å². The maximum Gasteiger partial charge on any atom is 0.272 e. The number of carbonyl (C=O) groups excluding carboxylic acids is 1. The number of benzene rings is 2. The summed E-state index contributed by atoms with van der Waals surface area (Å²) >= 11 is 6.76. The fourth-order valence-electron chi connectivity index (χ4n) is 1.90. The van der Waals surface area contributed by atoms with Gasteiger partial charge in [0.05, 0.1) is 11.8 Å². The Kier molecular flexibility index (Phi) is 4.44. The fourth-order valence-corrected chi connectivity index (χ4v) is 2.79. The van der Waals surface area contributed by atoms with Crippen molar-refractivity contribution >= 4 is 44.0 Å². The highest BCUT2D eigenvalue weighted by atomic mass is 79.9. The number of ether oxygens (including phenoxy) is 2. The second-order valence-corrected chi connectivity index (χ2v) is 6.11. The number of amides is 1. The Morgan fingerprint density at radius 2 is 1.86 bits per heavy atom. The normalized spacial score (nSPS) is 12.6. The van der Waals surface area contributed by atoms with Crippen molar-refractivity contribution in [2.24, 2.45) is 5.10 Å². The smallest absolute Gasteiger partial charge is 0.272 e. The Morgan fingerprint density at radius 1 is 1.14 bits per heavy atom. The van der Waals surface area contributed by atoms with Crippen LogP contribution in [0.15, 0.2) is 50.4 Å². The van der Waals surface area contributed by atoms with E-state index >= 15 is 0 Å². The number of hydrogen-bond acceptors (Lipinski definition) is 4. The minimum atomic E-state index is -0.291. The minimum Gasteiger partial charge on any atom is -0.454 e. The number of hydrogen-bond donors (Lipinski definition) is 1. The lowest BCUT2D eigenvalue weighted by Crippen LogP contribution is -2.18. The van der Waals surface area contributed by atoms with Crippen molar-refractivity contribution in [1.82, 2.24) is 5.43 Å². The van der Waals surface area contributed by atoms with Gasteiger partial charge in [0.1, 0.15) is 0 Å². The molecule has 5 nitrogen and oxygen atoms in total. The third kappa shape index (κ3) is 3.15. The molecule has 3 rings (SSSR count). The van der Waals surface area contributed by atoms with Gasteiger partial charge >= 0.3 is 0 Å². The van der Waals surface area contributed by atoms with E-state index in [0.717, 1.165) is 10.0 Å². The van der Waals surface area contributed by atoms with Crippen LogP contribution in [0.2, 0.25) is 0 Å². The van der Waals surface area contributed by atoms with Gasteiger partial charge in [-0.2, -0.15) is 5.10 Å². The monoisotopic (exact) mass is 424 g/mol. The second-order valence-electron chi connectivity index (χ2n) is 4.41. The van der Waals surface area contributed by atoms with E-state index in [1.165, 1.54) is 0 Å². The summed E-state index contributed by atoms with van der Waals surface area (Å²) in [6.45, 7) is 0.209. The van der Waals surface area contributed by atoms with Crippen LogP contribution < -0.4 is 14.9 Å². The summed E-state index contributed by atoms with van der Waals surface area (Å²) in [5, 5.41) is 3.97. The molecule has 0 aliphatic carbocycles. The highest BCUT2D eigenvalue weighted by Gasteiger charge is 2.15. The summed E-state index contributed by atoms with van der Waals surface area (Å²) in [5.74, 6) is 1.05. The largest absolute Gasteiger partial charge is 0.454 e. The zero-order valence-electron chi connectivity index (χ0n) is 11.2. The molecule has 2 aromatic rings. The summed E-state index contributed by atoms with van der Waals surface area (Å²) in [6.07, 6.45) is 1.54. The standard InChI is InChI=1S/C15H10Br2N2O3/c16-11-4-2-1-3-10(11)15(20)19-18-7-9-5-13-14(6-12(9)17)22-8-21-13/h1-7H,8H2,(H,19,20)/b18-7-.